The van der Waals surface area contributed by atoms with Crippen LogP contribution in [0.3, 0.4) is 0 Å². The van der Waals surface area contributed by atoms with Crippen molar-refractivity contribution in [3.63, 3.8) is 0 Å². The predicted octanol–water partition coefficient (Wildman–Crippen LogP) is 3.41. The SMILES string of the molecule is O=C1CC2CCC(CN1CCCNc1nc(NC34CC(C5CCOCC5)(C3)C4)ncc1C(F)(F)F)N2. The fourth-order valence-corrected chi connectivity index (χ4v) is 7.37. The van der Waals surface area contributed by atoms with Crippen LogP contribution in [0.2, 0.25) is 0 Å². The zero-order valence-electron chi connectivity index (χ0n) is 20.5. The largest absolute Gasteiger partial charge is 0.421 e. The van der Waals surface area contributed by atoms with E-state index in [1.807, 2.05) is 4.90 Å². The second-order valence-electron chi connectivity index (χ2n) is 11.6. The number of nitrogens with one attached hydrogen (secondary N) is 3. The lowest BCUT2D eigenvalue weighted by Gasteiger charge is -2.73. The standard InChI is InChI=1S/C25H35F3N6O2/c26-25(27,28)19-11-30-22(33-24-13-23(14-24,15-24)16-4-8-36-9-5-16)32-21(19)29-6-1-7-34-12-18-3-2-17(31-18)10-20(34)35/h11,16-18,31H,1-10,12-15H2,(H2,29,30,32,33). The van der Waals surface area contributed by atoms with E-state index in [1.165, 1.54) is 0 Å². The van der Waals surface area contributed by atoms with Crippen molar-refractivity contribution in [2.24, 2.45) is 11.3 Å². The molecule has 36 heavy (non-hydrogen) atoms. The summed E-state index contributed by atoms with van der Waals surface area (Å²) in [5.41, 5.74) is -0.587. The first-order valence-electron chi connectivity index (χ1n) is 13.3. The fourth-order valence-electron chi connectivity index (χ4n) is 7.37. The number of amides is 1. The van der Waals surface area contributed by atoms with Gasteiger partial charge in [-0.25, -0.2) is 4.98 Å². The normalized spacial score (nSPS) is 34.1. The first kappa shape index (κ1) is 24.2. The van der Waals surface area contributed by atoms with Crippen molar-refractivity contribution in [1.82, 2.24) is 20.2 Å². The number of aromatic nitrogens is 2. The lowest BCUT2D eigenvalue weighted by molar-refractivity contribution is -0.178. The molecule has 7 rings (SSSR count). The topological polar surface area (TPSA) is 91.4 Å². The highest BCUT2D eigenvalue weighted by atomic mass is 19.4. The van der Waals surface area contributed by atoms with Crippen LogP contribution in [0.5, 0.6) is 0 Å². The Morgan fingerprint density at radius 3 is 2.64 bits per heavy atom. The number of hydrogen-bond acceptors (Lipinski definition) is 7. The maximum Gasteiger partial charge on any atom is 0.421 e. The molecule has 0 spiro atoms. The summed E-state index contributed by atoms with van der Waals surface area (Å²) in [7, 11) is 0. The van der Waals surface area contributed by atoms with Crippen LogP contribution in [0.1, 0.15) is 63.4 Å². The van der Waals surface area contributed by atoms with Gasteiger partial charge in [-0.1, -0.05) is 0 Å². The Hall–Kier alpha value is -2.14. The third kappa shape index (κ3) is 4.53. The molecule has 4 bridgehead atoms. The molecule has 3 aliphatic carbocycles. The van der Waals surface area contributed by atoms with E-state index >= 15 is 0 Å². The molecule has 8 nitrogen and oxygen atoms in total. The predicted molar refractivity (Wildman–Crippen MR) is 127 cm³/mol. The molecule has 3 saturated carbocycles. The highest BCUT2D eigenvalue weighted by Gasteiger charge is 2.70. The third-order valence-corrected chi connectivity index (χ3v) is 9.08. The van der Waals surface area contributed by atoms with Gasteiger partial charge in [-0.2, -0.15) is 18.2 Å². The number of ether oxygens (including phenoxy) is 1. The van der Waals surface area contributed by atoms with E-state index in [2.05, 4.69) is 25.9 Å². The first-order valence-corrected chi connectivity index (χ1v) is 13.3. The van der Waals surface area contributed by atoms with Crippen molar-refractivity contribution < 1.29 is 22.7 Å². The second kappa shape index (κ2) is 9.01. The van der Waals surface area contributed by atoms with E-state index in [0.29, 0.717) is 49.9 Å². The maximum atomic E-state index is 13.6. The summed E-state index contributed by atoms with van der Waals surface area (Å²) in [5.74, 6) is 0.850. The lowest BCUT2D eigenvalue weighted by atomic mass is 9.35. The number of fused-ring (bicyclic) bond motifs is 2. The molecule has 1 aromatic heterocycles. The Morgan fingerprint density at radius 2 is 1.89 bits per heavy atom. The van der Waals surface area contributed by atoms with Crippen molar-refractivity contribution in [2.75, 3.05) is 43.5 Å². The number of nitrogens with zero attached hydrogens (tertiary/aromatic N) is 3. The van der Waals surface area contributed by atoms with Crippen LogP contribution in [0, 0.1) is 11.3 Å². The van der Waals surface area contributed by atoms with Gasteiger partial charge in [0.15, 0.2) is 0 Å². The first-order chi connectivity index (χ1) is 17.2. The van der Waals surface area contributed by atoms with Crippen LogP contribution < -0.4 is 16.0 Å². The summed E-state index contributed by atoms with van der Waals surface area (Å²) < 4.78 is 46.4. The Labute approximate surface area is 209 Å². The number of hydrogen-bond donors (Lipinski definition) is 3. The third-order valence-electron chi connectivity index (χ3n) is 9.08. The monoisotopic (exact) mass is 508 g/mol. The minimum atomic E-state index is -4.55. The van der Waals surface area contributed by atoms with Crippen LogP contribution in [0.25, 0.3) is 0 Å². The van der Waals surface area contributed by atoms with Gasteiger partial charge in [0.1, 0.15) is 11.4 Å². The minimum Gasteiger partial charge on any atom is -0.381 e. The molecule has 2 atom stereocenters. The van der Waals surface area contributed by atoms with E-state index in [0.717, 1.165) is 64.4 Å². The number of rotatable bonds is 8. The van der Waals surface area contributed by atoms with Gasteiger partial charge >= 0.3 is 6.18 Å². The van der Waals surface area contributed by atoms with Crippen LogP contribution in [0.15, 0.2) is 6.20 Å². The van der Waals surface area contributed by atoms with Gasteiger partial charge in [-0.15, -0.1) is 0 Å². The average Bonchev–Trinajstić information content (AvgIpc) is 3.16. The molecule has 11 heteroatoms. The van der Waals surface area contributed by atoms with Crippen molar-refractivity contribution >= 4 is 17.7 Å². The molecular formula is C25H35F3N6O2. The lowest BCUT2D eigenvalue weighted by Crippen LogP contribution is -2.73. The number of carbonyl (C=O) groups is 1. The van der Waals surface area contributed by atoms with Crippen molar-refractivity contribution in [1.29, 1.82) is 0 Å². The molecule has 3 saturated heterocycles. The smallest absolute Gasteiger partial charge is 0.381 e. The summed E-state index contributed by atoms with van der Waals surface area (Å²) in [4.78, 5) is 22.6. The number of likely N-dealkylation sites (tertiary alicyclic amines) is 1. The molecule has 2 unspecified atom stereocenters. The summed E-state index contributed by atoms with van der Waals surface area (Å²) >= 11 is 0. The fraction of sp³-hybridized carbons (Fsp3) is 0.800. The van der Waals surface area contributed by atoms with Crippen LogP contribution in [-0.2, 0) is 15.7 Å². The van der Waals surface area contributed by atoms with Gasteiger partial charge in [0.25, 0.3) is 0 Å². The van der Waals surface area contributed by atoms with Crippen LogP contribution >= 0.6 is 0 Å². The van der Waals surface area contributed by atoms with E-state index in [-0.39, 0.29) is 29.3 Å². The highest BCUT2D eigenvalue weighted by molar-refractivity contribution is 5.77. The van der Waals surface area contributed by atoms with Crippen LogP contribution in [-0.4, -0.2) is 71.2 Å². The zero-order chi connectivity index (χ0) is 25.0. The number of halogens is 3. The quantitative estimate of drug-likeness (QED) is 0.464. The highest BCUT2D eigenvalue weighted by Crippen LogP contribution is 2.72. The minimum absolute atomic E-state index is 0.0874. The maximum absolute atomic E-state index is 13.6. The van der Waals surface area contributed by atoms with Gasteiger partial charge in [-0.05, 0) is 62.7 Å². The van der Waals surface area contributed by atoms with Crippen LogP contribution in [0.4, 0.5) is 24.9 Å². The number of anilines is 2. The average molecular weight is 509 g/mol. The summed E-state index contributed by atoms with van der Waals surface area (Å²) in [5, 5.41) is 9.71. The van der Waals surface area contributed by atoms with Crippen molar-refractivity contribution in [3.05, 3.63) is 11.8 Å². The van der Waals surface area contributed by atoms with Crippen molar-refractivity contribution in [3.8, 4) is 0 Å². The molecule has 6 aliphatic rings. The molecule has 0 radical (unpaired) electrons. The van der Waals surface area contributed by atoms with E-state index in [4.69, 9.17) is 4.74 Å². The van der Waals surface area contributed by atoms with Gasteiger partial charge in [0.2, 0.25) is 11.9 Å². The summed E-state index contributed by atoms with van der Waals surface area (Å²) in [6.45, 7) is 3.14. The molecule has 198 valence electrons. The Balaban J connectivity index is 1.05. The van der Waals surface area contributed by atoms with E-state index in [1.54, 1.807) is 0 Å². The van der Waals surface area contributed by atoms with Gasteiger partial charge in [-0.3, -0.25) is 4.79 Å². The molecule has 6 fully saturated rings. The van der Waals surface area contributed by atoms with E-state index in [9.17, 15) is 18.0 Å². The molecule has 1 amide bonds. The molecular weight excluding hydrogens is 473 g/mol. The van der Waals surface area contributed by atoms with Gasteiger partial charge < -0.3 is 25.6 Å². The number of carbonyl (C=O) groups excluding carboxylic acids is 1. The summed E-state index contributed by atoms with van der Waals surface area (Å²) in [6.07, 6.45) is 4.75. The Morgan fingerprint density at radius 1 is 1.14 bits per heavy atom. The zero-order valence-corrected chi connectivity index (χ0v) is 20.5. The van der Waals surface area contributed by atoms with Gasteiger partial charge in [0.05, 0.1) is 0 Å². The molecule has 3 N–H and O–H groups in total. The molecule has 4 heterocycles. The Bertz CT molecular complexity index is 979. The Kier molecular flexibility index (Phi) is 6.06. The van der Waals surface area contributed by atoms with E-state index < -0.39 is 11.7 Å². The van der Waals surface area contributed by atoms with Gasteiger partial charge in [0, 0.05) is 63.1 Å². The second-order valence-corrected chi connectivity index (χ2v) is 11.6. The molecule has 3 aliphatic heterocycles. The summed E-state index contributed by atoms with van der Waals surface area (Å²) in [6, 6.07) is 0.587. The molecule has 1 aromatic rings. The van der Waals surface area contributed by atoms with Crippen molar-refractivity contribution in [2.45, 2.75) is 81.6 Å². The number of alkyl halides is 3. The molecule has 0 aromatic carbocycles.